The van der Waals surface area contributed by atoms with Crippen LogP contribution in [0.15, 0.2) is 28.3 Å². The average molecular weight is 363 g/mol. The van der Waals surface area contributed by atoms with E-state index in [1.54, 1.807) is 24.3 Å². The number of esters is 1. The first-order valence-corrected chi connectivity index (χ1v) is 8.41. The van der Waals surface area contributed by atoms with E-state index >= 15 is 0 Å². The van der Waals surface area contributed by atoms with Crippen LogP contribution in [0.4, 0.5) is 0 Å². The lowest BCUT2D eigenvalue weighted by molar-refractivity contribution is 0.0548. The molecule has 0 aliphatic heterocycles. The van der Waals surface area contributed by atoms with Crippen LogP contribution in [0.5, 0.6) is 0 Å². The molecule has 0 saturated heterocycles. The van der Waals surface area contributed by atoms with Gasteiger partial charge in [0.2, 0.25) is 0 Å². The number of pyridine rings is 1. The zero-order valence-corrected chi connectivity index (χ0v) is 15.0. The summed E-state index contributed by atoms with van der Waals surface area (Å²) >= 11 is 7.35. The first-order valence-electron chi connectivity index (χ1n) is 7.21. The van der Waals surface area contributed by atoms with Gasteiger partial charge in [-0.15, -0.1) is 11.3 Å². The van der Waals surface area contributed by atoms with Gasteiger partial charge in [0.15, 0.2) is 0 Å². The summed E-state index contributed by atoms with van der Waals surface area (Å²) in [4.78, 5) is 19.3. The summed E-state index contributed by atoms with van der Waals surface area (Å²) in [7, 11) is 0. The van der Waals surface area contributed by atoms with Crippen LogP contribution >= 0.6 is 22.9 Å². The van der Waals surface area contributed by atoms with Crippen LogP contribution in [0.3, 0.4) is 0 Å². The Hall–Kier alpha value is -2.18. The summed E-state index contributed by atoms with van der Waals surface area (Å²) in [6.45, 7) is 9.26. The number of rotatable bonds is 4. The Kier molecular flexibility index (Phi) is 4.43. The van der Waals surface area contributed by atoms with Crippen LogP contribution in [0, 0.1) is 20.8 Å². The van der Waals surface area contributed by atoms with Crippen molar-refractivity contribution < 1.29 is 14.1 Å². The van der Waals surface area contributed by atoms with Crippen LogP contribution in [-0.4, -0.2) is 22.7 Å². The van der Waals surface area contributed by atoms with E-state index in [1.165, 1.54) is 4.88 Å². The van der Waals surface area contributed by atoms with Gasteiger partial charge in [0.1, 0.15) is 6.61 Å². The van der Waals surface area contributed by atoms with Gasteiger partial charge >= 0.3 is 5.97 Å². The Morgan fingerprint density at radius 2 is 2.12 bits per heavy atom. The van der Waals surface area contributed by atoms with Crippen molar-refractivity contribution in [3.63, 3.8) is 0 Å². The van der Waals surface area contributed by atoms with Gasteiger partial charge in [-0.2, -0.15) is 0 Å². The fraction of sp³-hybridized carbons (Fsp3) is 0.235. The summed E-state index contributed by atoms with van der Waals surface area (Å²) in [6.07, 6.45) is 0. The number of fused-ring (bicyclic) bond motifs is 1. The van der Waals surface area contributed by atoms with Crippen LogP contribution in [0.1, 0.15) is 25.8 Å². The first-order chi connectivity index (χ1) is 11.4. The van der Waals surface area contributed by atoms with Gasteiger partial charge in [-0.25, -0.2) is 9.78 Å². The number of ether oxygens (including phenoxy) is 1. The van der Waals surface area contributed by atoms with Gasteiger partial charge in [-0.05, 0) is 32.9 Å². The number of nitrogens with zero attached hydrogens (tertiary/aromatic N) is 2. The van der Waals surface area contributed by atoms with E-state index in [2.05, 4.69) is 16.7 Å². The number of halogens is 1. The number of hydrogen-bond donors (Lipinski definition) is 0. The van der Waals surface area contributed by atoms with Crippen molar-refractivity contribution in [3.8, 4) is 11.3 Å². The highest BCUT2D eigenvalue weighted by Gasteiger charge is 2.21. The minimum atomic E-state index is -0.513. The normalized spacial score (nSPS) is 11.0. The second-order valence-corrected chi connectivity index (χ2v) is 7.42. The van der Waals surface area contributed by atoms with Crippen LogP contribution in [0.25, 0.3) is 22.4 Å². The predicted molar refractivity (Wildman–Crippen MR) is 94.6 cm³/mol. The van der Waals surface area contributed by atoms with E-state index in [0.29, 0.717) is 28.1 Å². The van der Waals surface area contributed by atoms with E-state index in [4.69, 9.17) is 20.9 Å². The molecule has 0 saturated carbocycles. The van der Waals surface area contributed by atoms with Crippen LogP contribution < -0.4 is 0 Å². The maximum Gasteiger partial charge on any atom is 0.339 e. The second kappa shape index (κ2) is 6.37. The summed E-state index contributed by atoms with van der Waals surface area (Å²) < 4.78 is 10.4. The number of carbonyl (C=O) groups is 1. The number of carbonyl (C=O) groups excluding carboxylic acids is 1. The zero-order valence-electron chi connectivity index (χ0n) is 13.5. The quantitative estimate of drug-likeness (QED) is 0.624. The summed E-state index contributed by atoms with van der Waals surface area (Å²) in [6, 6.07) is 3.74. The molecule has 0 N–H and O–H groups in total. The molecule has 3 heterocycles. The fourth-order valence-electron chi connectivity index (χ4n) is 2.50. The summed E-state index contributed by atoms with van der Waals surface area (Å²) in [5.74, 6) is -0.513. The molecule has 0 aromatic carbocycles. The molecule has 0 atom stereocenters. The van der Waals surface area contributed by atoms with Crippen molar-refractivity contribution in [1.82, 2.24) is 10.1 Å². The SMILES string of the molecule is C=C(Cl)COC(=O)c1cc(-c2cc(C)sc2C)nc2onc(C)c12. The first kappa shape index (κ1) is 16.7. The van der Waals surface area contributed by atoms with Gasteiger partial charge in [-0.3, -0.25) is 0 Å². The molecule has 0 aliphatic carbocycles. The van der Waals surface area contributed by atoms with E-state index in [-0.39, 0.29) is 11.6 Å². The van der Waals surface area contributed by atoms with Crippen LogP contribution in [-0.2, 0) is 4.74 Å². The van der Waals surface area contributed by atoms with Gasteiger partial charge < -0.3 is 9.26 Å². The van der Waals surface area contributed by atoms with E-state index < -0.39 is 5.97 Å². The lowest BCUT2D eigenvalue weighted by Crippen LogP contribution is -2.08. The third-order valence-corrected chi connectivity index (χ3v) is 4.59. The molecule has 0 bridgehead atoms. The van der Waals surface area contributed by atoms with Gasteiger partial charge in [0, 0.05) is 20.4 Å². The van der Waals surface area contributed by atoms with Crippen molar-refractivity contribution in [3.05, 3.63) is 44.8 Å². The van der Waals surface area contributed by atoms with E-state index in [0.717, 1.165) is 10.4 Å². The third kappa shape index (κ3) is 3.07. The molecule has 0 aliphatic rings. The average Bonchev–Trinajstić information content (AvgIpc) is 3.06. The molecular weight excluding hydrogens is 348 g/mol. The van der Waals surface area contributed by atoms with Crippen molar-refractivity contribution in [2.24, 2.45) is 0 Å². The zero-order chi connectivity index (χ0) is 17.4. The monoisotopic (exact) mass is 362 g/mol. The maximum absolute atomic E-state index is 12.5. The predicted octanol–water partition coefficient (Wildman–Crippen LogP) is 4.79. The summed E-state index contributed by atoms with van der Waals surface area (Å²) in [5.41, 5.74) is 2.86. The molecule has 3 aromatic rings. The molecule has 0 unspecified atom stereocenters. The highest BCUT2D eigenvalue weighted by Crippen LogP contribution is 2.33. The number of thiophene rings is 1. The lowest BCUT2D eigenvalue weighted by Gasteiger charge is -2.07. The van der Waals surface area contributed by atoms with Crippen LogP contribution in [0.2, 0.25) is 0 Å². The smallest absolute Gasteiger partial charge is 0.339 e. The fourth-order valence-corrected chi connectivity index (χ4v) is 3.49. The van der Waals surface area contributed by atoms with Crippen molar-refractivity contribution in [2.75, 3.05) is 6.61 Å². The topological polar surface area (TPSA) is 65.2 Å². The molecule has 7 heteroatoms. The molecule has 0 fully saturated rings. The Morgan fingerprint density at radius 3 is 2.75 bits per heavy atom. The maximum atomic E-state index is 12.5. The molecule has 0 spiro atoms. The Bertz CT molecular complexity index is 958. The molecule has 3 aromatic heterocycles. The Labute approximate surface area is 147 Å². The molecular formula is C17H15ClN2O3S. The van der Waals surface area contributed by atoms with Gasteiger partial charge in [0.05, 0.1) is 22.3 Å². The molecule has 3 rings (SSSR count). The second-order valence-electron chi connectivity index (χ2n) is 5.42. The highest BCUT2D eigenvalue weighted by molar-refractivity contribution is 7.12. The number of hydrogen-bond acceptors (Lipinski definition) is 6. The molecule has 0 amide bonds. The largest absolute Gasteiger partial charge is 0.456 e. The Morgan fingerprint density at radius 1 is 1.38 bits per heavy atom. The summed E-state index contributed by atoms with van der Waals surface area (Å²) in [5, 5.41) is 4.71. The molecule has 124 valence electrons. The molecule has 24 heavy (non-hydrogen) atoms. The van der Waals surface area contributed by atoms with E-state index in [1.807, 2.05) is 19.9 Å². The number of aromatic nitrogens is 2. The Balaban J connectivity index is 2.15. The third-order valence-electron chi connectivity index (χ3n) is 3.51. The van der Waals surface area contributed by atoms with Gasteiger partial charge in [-0.1, -0.05) is 23.3 Å². The minimum absolute atomic E-state index is 0.0551. The standard InChI is InChI=1S/C17H15ClN2O3S/c1-8(18)7-22-17(21)13-6-14(12-5-9(2)24-11(12)4)19-16-15(13)10(3)20-23-16/h5-6H,1,7H2,2-4H3. The number of aryl methyl sites for hydroxylation is 3. The molecule has 0 radical (unpaired) electrons. The van der Waals surface area contributed by atoms with Crippen molar-refractivity contribution in [2.45, 2.75) is 20.8 Å². The van der Waals surface area contributed by atoms with Crippen molar-refractivity contribution in [1.29, 1.82) is 0 Å². The van der Waals surface area contributed by atoms with Crippen molar-refractivity contribution >= 4 is 40.0 Å². The molecule has 5 nitrogen and oxygen atoms in total. The van der Waals surface area contributed by atoms with E-state index in [9.17, 15) is 4.79 Å². The minimum Gasteiger partial charge on any atom is -0.456 e. The van der Waals surface area contributed by atoms with Gasteiger partial charge in [0.25, 0.3) is 5.71 Å². The highest BCUT2D eigenvalue weighted by atomic mass is 35.5. The lowest BCUT2D eigenvalue weighted by atomic mass is 10.1.